The number of sulfone groups is 1. The van der Waals surface area contributed by atoms with Gasteiger partial charge in [0.1, 0.15) is 0 Å². The first-order valence-electron chi connectivity index (χ1n) is 6.74. The Labute approximate surface area is 123 Å². The fourth-order valence-electron chi connectivity index (χ4n) is 2.17. The van der Waals surface area contributed by atoms with Crippen LogP contribution in [0.4, 0.5) is 0 Å². The molecule has 2 atom stereocenters. The summed E-state index contributed by atoms with van der Waals surface area (Å²) in [5, 5.41) is 5.86. The number of carbonyl (C=O) groups is 1. The molecule has 0 radical (unpaired) electrons. The molecule has 1 fully saturated rings. The second kappa shape index (κ2) is 5.81. The number of carbonyl (C=O) groups excluding carboxylic acids is 1. The van der Waals surface area contributed by atoms with Crippen LogP contribution in [0.1, 0.15) is 49.9 Å². The van der Waals surface area contributed by atoms with E-state index in [1.807, 2.05) is 12.3 Å². The van der Waals surface area contributed by atoms with E-state index in [0.717, 1.165) is 10.7 Å². The van der Waals surface area contributed by atoms with Gasteiger partial charge in [0.05, 0.1) is 34.2 Å². The summed E-state index contributed by atoms with van der Waals surface area (Å²) < 4.78 is 22.8. The van der Waals surface area contributed by atoms with E-state index in [2.05, 4.69) is 24.1 Å². The van der Waals surface area contributed by atoms with Gasteiger partial charge in [-0.1, -0.05) is 13.8 Å². The van der Waals surface area contributed by atoms with Gasteiger partial charge in [-0.3, -0.25) is 4.79 Å². The lowest BCUT2D eigenvalue weighted by Crippen LogP contribution is -2.33. The van der Waals surface area contributed by atoms with E-state index >= 15 is 0 Å². The van der Waals surface area contributed by atoms with Gasteiger partial charge < -0.3 is 5.32 Å². The van der Waals surface area contributed by atoms with Crippen molar-refractivity contribution in [3.05, 3.63) is 16.1 Å². The first kappa shape index (κ1) is 15.4. The molecule has 1 aliphatic rings. The van der Waals surface area contributed by atoms with Crippen LogP contribution in [0.5, 0.6) is 0 Å². The van der Waals surface area contributed by atoms with Crippen molar-refractivity contribution in [2.24, 2.45) is 5.92 Å². The molecule has 0 unspecified atom stereocenters. The number of nitrogens with zero attached hydrogens (tertiary/aromatic N) is 1. The third kappa shape index (κ3) is 3.58. The summed E-state index contributed by atoms with van der Waals surface area (Å²) in [5.74, 6) is -0.131. The predicted octanol–water partition coefficient (Wildman–Crippen LogP) is 1.88. The molecule has 1 aromatic rings. The number of hydrogen-bond donors (Lipinski definition) is 1. The molecule has 2 rings (SSSR count). The maximum atomic E-state index is 12.1. The number of amides is 1. The van der Waals surface area contributed by atoms with Crippen molar-refractivity contribution < 1.29 is 13.2 Å². The van der Waals surface area contributed by atoms with Crippen molar-refractivity contribution in [3.63, 3.8) is 0 Å². The van der Waals surface area contributed by atoms with Gasteiger partial charge in [-0.05, 0) is 13.3 Å². The Morgan fingerprint density at radius 3 is 2.65 bits per heavy atom. The summed E-state index contributed by atoms with van der Waals surface area (Å²) in [6.45, 7) is 6.03. The molecule has 5 nitrogen and oxygen atoms in total. The number of rotatable bonds is 4. The topological polar surface area (TPSA) is 76.1 Å². The van der Waals surface area contributed by atoms with E-state index in [1.54, 1.807) is 11.3 Å². The highest BCUT2D eigenvalue weighted by Crippen LogP contribution is 2.24. The number of thiazole rings is 1. The van der Waals surface area contributed by atoms with Crippen molar-refractivity contribution in [2.75, 3.05) is 11.5 Å². The lowest BCUT2D eigenvalue weighted by Gasteiger charge is -2.14. The van der Waals surface area contributed by atoms with Crippen LogP contribution in [0.15, 0.2) is 5.38 Å². The SMILES string of the molecule is CC(C)c1nc([C@@H](C)NC(=O)[C@@H]2CCS(=O)(=O)C2)cs1. The quantitative estimate of drug-likeness (QED) is 0.920. The van der Waals surface area contributed by atoms with Gasteiger partial charge in [0.2, 0.25) is 5.91 Å². The van der Waals surface area contributed by atoms with E-state index in [9.17, 15) is 13.2 Å². The van der Waals surface area contributed by atoms with Crippen molar-refractivity contribution in [1.29, 1.82) is 0 Å². The first-order chi connectivity index (χ1) is 9.28. The summed E-state index contributed by atoms with van der Waals surface area (Å²) >= 11 is 1.59. The monoisotopic (exact) mass is 316 g/mol. The number of aromatic nitrogens is 1. The fourth-order valence-corrected chi connectivity index (χ4v) is 4.84. The average Bonchev–Trinajstić information content (AvgIpc) is 2.95. The third-order valence-electron chi connectivity index (χ3n) is 3.44. The average molecular weight is 316 g/mol. The highest BCUT2D eigenvalue weighted by molar-refractivity contribution is 7.91. The molecule has 1 N–H and O–H groups in total. The second-order valence-corrected chi connectivity index (χ2v) is 8.71. The lowest BCUT2D eigenvalue weighted by atomic mass is 10.1. The molecule has 0 saturated carbocycles. The molecule has 0 aliphatic carbocycles. The van der Waals surface area contributed by atoms with Crippen molar-refractivity contribution >= 4 is 27.1 Å². The highest BCUT2D eigenvalue weighted by atomic mass is 32.2. The van der Waals surface area contributed by atoms with Crippen LogP contribution in [0.25, 0.3) is 0 Å². The van der Waals surface area contributed by atoms with Gasteiger partial charge in [0.25, 0.3) is 0 Å². The van der Waals surface area contributed by atoms with E-state index in [1.165, 1.54) is 0 Å². The molecule has 1 saturated heterocycles. The molecule has 1 aliphatic heterocycles. The molecule has 20 heavy (non-hydrogen) atoms. The zero-order valence-corrected chi connectivity index (χ0v) is 13.6. The Hall–Kier alpha value is -0.950. The van der Waals surface area contributed by atoms with Gasteiger partial charge in [0, 0.05) is 11.3 Å². The van der Waals surface area contributed by atoms with Crippen molar-refractivity contribution in [1.82, 2.24) is 10.3 Å². The van der Waals surface area contributed by atoms with Crippen LogP contribution < -0.4 is 5.32 Å². The molecule has 0 aromatic carbocycles. The minimum Gasteiger partial charge on any atom is -0.348 e. The fraction of sp³-hybridized carbons (Fsp3) is 0.692. The van der Waals surface area contributed by atoms with Crippen molar-refractivity contribution in [2.45, 2.75) is 39.2 Å². The summed E-state index contributed by atoms with van der Waals surface area (Å²) in [7, 11) is -3.02. The molecular weight excluding hydrogens is 296 g/mol. The Balaban J connectivity index is 1.97. The smallest absolute Gasteiger partial charge is 0.224 e. The zero-order valence-electron chi connectivity index (χ0n) is 11.9. The number of nitrogens with one attached hydrogen (secondary N) is 1. The minimum atomic E-state index is -3.02. The van der Waals surface area contributed by atoms with E-state index in [4.69, 9.17) is 0 Å². The van der Waals surface area contributed by atoms with Crippen LogP contribution in [-0.4, -0.2) is 30.8 Å². The summed E-state index contributed by atoms with van der Waals surface area (Å²) in [6, 6.07) is -0.186. The Kier molecular flexibility index (Phi) is 4.49. The maximum absolute atomic E-state index is 12.1. The van der Waals surface area contributed by atoms with E-state index < -0.39 is 15.8 Å². The molecular formula is C13H20N2O3S2. The third-order valence-corrected chi connectivity index (χ3v) is 6.37. The van der Waals surface area contributed by atoms with Gasteiger partial charge in [-0.25, -0.2) is 13.4 Å². The molecule has 0 spiro atoms. The predicted molar refractivity (Wildman–Crippen MR) is 79.5 cm³/mol. The van der Waals surface area contributed by atoms with Gasteiger partial charge in [-0.15, -0.1) is 11.3 Å². The second-order valence-electron chi connectivity index (χ2n) is 5.60. The molecule has 7 heteroatoms. The zero-order chi connectivity index (χ0) is 14.9. The van der Waals surface area contributed by atoms with Gasteiger partial charge >= 0.3 is 0 Å². The Morgan fingerprint density at radius 2 is 2.15 bits per heavy atom. The minimum absolute atomic E-state index is 0.0279. The van der Waals surface area contributed by atoms with Gasteiger partial charge in [0.15, 0.2) is 9.84 Å². The maximum Gasteiger partial charge on any atom is 0.224 e. The van der Waals surface area contributed by atoms with Crippen LogP contribution in [0.2, 0.25) is 0 Å². The summed E-state index contributed by atoms with van der Waals surface area (Å²) in [5.41, 5.74) is 0.841. The standard InChI is InChI=1S/C13H20N2O3S2/c1-8(2)13-15-11(6-19-13)9(3)14-12(16)10-4-5-20(17,18)7-10/h6,8-10H,4-5,7H2,1-3H3,(H,14,16)/t9-,10-/m1/s1. The van der Waals surface area contributed by atoms with Crippen LogP contribution >= 0.6 is 11.3 Å². The Bertz CT molecular complexity index is 593. The summed E-state index contributed by atoms with van der Waals surface area (Å²) in [6.07, 6.45) is 0.426. The molecule has 1 aromatic heterocycles. The van der Waals surface area contributed by atoms with Crippen molar-refractivity contribution in [3.8, 4) is 0 Å². The van der Waals surface area contributed by atoms with Crippen LogP contribution in [-0.2, 0) is 14.6 Å². The lowest BCUT2D eigenvalue weighted by molar-refractivity contribution is -0.124. The Morgan fingerprint density at radius 1 is 1.45 bits per heavy atom. The largest absolute Gasteiger partial charge is 0.348 e. The molecule has 2 heterocycles. The molecule has 112 valence electrons. The first-order valence-corrected chi connectivity index (χ1v) is 9.44. The van der Waals surface area contributed by atoms with E-state index in [-0.39, 0.29) is 23.5 Å². The normalized spacial score (nSPS) is 22.9. The number of hydrogen-bond acceptors (Lipinski definition) is 5. The summed E-state index contributed by atoms with van der Waals surface area (Å²) in [4.78, 5) is 16.6. The van der Waals surface area contributed by atoms with E-state index in [0.29, 0.717) is 12.3 Å². The van der Waals surface area contributed by atoms with Crippen LogP contribution in [0.3, 0.4) is 0 Å². The van der Waals surface area contributed by atoms with Crippen LogP contribution in [0, 0.1) is 5.92 Å². The molecule has 0 bridgehead atoms. The van der Waals surface area contributed by atoms with Gasteiger partial charge in [-0.2, -0.15) is 0 Å². The highest BCUT2D eigenvalue weighted by Gasteiger charge is 2.33. The molecule has 1 amide bonds.